The number of aromatic nitrogens is 4. The van der Waals surface area contributed by atoms with Crippen molar-refractivity contribution in [2.45, 2.75) is 17.9 Å². The van der Waals surface area contributed by atoms with Crippen molar-refractivity contribution >= 4 is 23.6 Å². The molecule has 4 rings (SSSR count). The Labute approximate surface area is 164 Å². The molecule has 1 aliphatic rings. The lowest BCUT2D eigenvalue weighted by molar-refractivity contribution is 0.0655. The Kier molecular flexibility index (Phi) is 5.16. The van der Waals surface area contributed by atoms with Gasteiger partial charge in [-0.25, -0.2) is 4.39 Å². The monoisotopic (exact) mass is 397 g/mol. The topological polar surface area (TPSA) is 81.0 Å². The van der Waals surface area contributed by atoms with Crippen LogP contribution in [0, 0.1) is 5.82 Å². The van der Waals surface area contributed by atoms with Crippen LogP contribution in [0.1, 0.15) is 26.5 Å². The normalized spacial score (nSPS) is 13.2. The second kappa shape index (κ2) is 7.89. The van der Waals surface area contributed by atoms with Gasteiger partial charge in [0.25, 0.3) is 11.8 Å². The molecule has 0 fully saturated rings. The lowest BCUT2D eigenvalue weighted by Gasteiger charge is -2.11. The lowest BCUT2D eigenvalue weighted by atomic mass is 10.1. The fraction of sp³-hybridized carbons (Fsp3) is 0.211. The zero-order valence-corrected chi connectivity index (χ0v) is 15.6. The van der Waals surface area contributed by atoms with Gasteiger partial charge >= 0.3 is 0 Å². The number of fused-ring (bicyclic) bond motifs is 1. The molecule has 0 saturated carbocycles. The van der Waals surface area contributed by atoms with Crippen LogP contribution in [-0.4, -0.2) is 49.2 Å². The summed E-state index contributed by atoms with van der Waals surface area (Å²) in [5.41, 5.74) is 0.851. The van der Waals surface area contributed by atoms with Crippen LogP contribution in [0.4, 0.5) is 4.39 Å². The summed E-state index contributed by atoms with van der Waals surface area (Å²) in [6.07, 6.45) is 0.325. The largest absolute Gasteiger partial charge is 0.274 e. The minimum atomic E-state index is -0.297. The van der Waals surface area contributed by atoms with Crippen LogP contribution in [0.2, 0.25) is 0 Å². The minimum absolute atomic E-state index is 0.196. The predicted octanol–water partition coefficient (Wildman–Crippen LogP) is 2.44. The van der Waals surface area contributed by atoms with E-state index in [1.165, 1.54) is 27.5 Å². The lowest BCUT2D eigenvalue weighted by Crippen LogP contribution is -2.32. The second-order valence-corrected chi connectivity index (χ2v) is 7.27. The van der Waals surface area contributed by atoms with Crippen molar-refractivity contribution in [2.24, 2.45) is 0 Å². The molecule has 0 aliphatic carbocycles. The zero-order valence-electron chi connectivity index (χ0n) is 14.8. The molecule has 2 amide bonds. The van der Waals surface area contributed by atoms with Crippen molar-refractivity contribution < 1.29 is 14.0 Å². The van der Waals surface area contributed by atoms with Crippen LogP contribution in [0.25, 0.3) is 0 Å². The maximum absolute atomic E-state index is 13.6. The number of imide groups is 1. The number of benzene rings is 2. The van der Waals surface area contributed by atoms with Gasteiger partial charge in [0.15, 0.2) is 5.82 Å². The summed E-state index contributed by atoms with van der Waals surface area (Å²) in [7, 11) is 0. The number of halogens is 1. The molecule has 28 heavy (non-hydrogen) atoms. The number of thioether (sulfide) groups is 1. The predicted molar refractivity (Wildman–Crippen MR) is 100 cm³/mol. The standard InChI is InChI=1S/C19H16FN5O2S/c20-15-7-3-4-8-16(15)28-12-11-25-22-17(21-23-25)9-10-24-18(26)13-5-1-2-6-14(13)19(24)27/h1-8H,9-12H2. The Morgan fingerprint density at radius 1 is 0.929 bits per heavy atom. The first-order valence-corrected chi connectivity index (χ1v) is 9.71. The zero-order chi connectivity index (χ0) is 19.5. The van der Waals surface area contributed by atoms with E-state index < -0.39 is 0 Å². The molecule has 0 atom stereocenters. The van der Waals surface area contributed by atoms with Crippen LogP contribution in [0.5, 0.6) is 0 Å². The number of carbonyl (C=O) groups is 2. The number of hydrogen-bond acceptors (Lipinski definition) is 6. The number of tetrazole rings is 1. The number of carbonyl (C=O) groups excluding carboxylic acids is 2. The molecule has 0 unspecified atom stereocenters. The Bertz CT molecular complexity index is 1000. The molecule has 0 spiro atoms. The highest BCUT2D eigenvalue weighted by molar-refractivity contribution is 7.99. The number of aryl methyl sites for hydroxylation is 1. The number of rotatable bonds is 7. The second-order valence-electron chi connectivity index (χ2n) is 6.14. The summed E-state index contributed by atoms with van der Waals surface area (Å²) in [5.74, 6) is 0.200. The molecule has 0 saturated heterocycles. The maximum Gasteiger partial charge on any atom is 0.261 e. The molecular weight excluding hydrogens is 381 g/mol. The van der Waals surface area contributed by atoms with Crippen LogP contribution in [-0.2, 0) is 13.0 Å². The fourth-order valence-corrected chi connectivity index (χ4v) is 3.78. The van der Waals surface area contributed by atoms with E-state index >= 15 is 0 Å². The molecule has 0 bridgehead atoms. The van der Waals surface area contributed by atoms with Gasteiger partial charge in [-0.2, -0.15) is 4.80 Å². The summed E-state index contributed by atoms with van der Waals surface area (Å²) in [6, 6.07) is 13.4. The van der Waals surface area contributed by atoms with Gasteiger partial charge in [0, 0.05) is 23.6 Å². The maximum atomic E-state index is 13.6. The highest BCUT2D eigenvalue weighted by Gasteiger charge is 2.34. The van der Waals surface area contributed by atoms with E-state index in [0.717, 1.165) is 0 Å². The average Bonchev–Trinajstić information content (AvgIpc) is 3.25. The van der Waals surface area contributed by atoms with Crippen LogP contribution in [0.15, 0.2) is 53.4 Å². The smallest absolute Gasteiger partial charge is 0.261 e. The van der Waals surface area contributed by atoms with Crippen molar-refractivity contribution in [3.63, 3.8) is 0 Å². The average molecular weight is 397 g/mol. The SMILES string of the molecule is O=C1c2ccccc2C(=O)N1CCc1nnn(CCSc2ccccc2F)n1. The van der Waals surface area contributed by atoms with Gasteiger partial charge in [0.05, 0.1) is 17.7 Å². The summed E-state index contributed by atoms with van der Waals surface area (Å²) in [6.45, 7) is 0.668. The van der Waals surface area contributed by atoms with Gasteiger partial charge in [-0.1, -0.05) is 24.3 Å². The third-order valence-electron chi connectivity index (χ3n) is 4.32. The van der Waals surface area contributed by atoms with Gasteiger partial charge in [0.2, 0.25) is 0 Å². The van der Waals surface area contributed by atoms with Crippen molar-refractivity contribution in [3.05, 3.63) is 71.3 Å². The first-order chi connectivity index (χ1) is 13.6. The van der Waals surface area contributed by atoms with E-state index in [-0.39, 0.29) is 24.2 Å². The Balaban J connectivity index is 1.30. The van der Waals surface area contributed by atoms with E-state index in [1.807, 2.05) is 0 Å². The third kappa shape index (κ3) is 3.65. The first-order valence-electron chi connectivity index (χ1n) is 8.73. The molecule has 3 aromatic rings. The van der Waals surface area contributed by atoms with E-state index in [1.54, 1.807) is 42.5 Å². The van der Waals surface area contributed by atoms with Crippen molar-refractivity contribution in [3.8, 4) is 0 Å². The van der Waals surface area contributed by atoms with Crippen molar-refractivity contribution in [1.82, 2.24) is 25.1 Å². The molecule has 2 aromatic carbocycles. The van der Waals surface area contributed by atoms with Crippen molar-refractivity contribution in [2.75, 3.05) is 12.3 Å². The quantitative estimate of drug-likeness (QED) is 0.450. The minimum Gasteiger partial charge on any atom is -0.274 e. The van der Waals surface area contributed by atoms with Gasteiger partial charge in [-0.3, -0.25) is 14.5 Å². The van der Waals surface area contributed by atoms with Gasteiger partial charge < -0.3 is 0 Å². The number of nitrogens with zero attached hydrogens (tertiary/aromatic N) is 5. The Morgan fingerprint density at radius 3 is 2.32 bits per heavy atom. The third-order valence-corrected chi connectivity index (χ3v) is 5.35. The van der Waals surface area contributed by atoms with E-state index in [4.69, 9.17) is 0 Å². The highest BCUT2D eigenvalue weighted by Crippen LogP contribution is 2.23. The number of hydrogen-bond donors (Lipinski definition) is 0. The van der Waals surface area contributed by atoms with Gasteiger partial charge in [0.1, 0.15) is 5.82 Å². The van der Waals surface area contributed by atoms with Crippen LogP contribution >= 0.6 is 11.8 Å². The molecular formula is C19H16FN5O2S. The van der Waals surface area contributed by atoms with Crippen LogP contribution in [0.3, 0.4) is 0 Å². The molecule has 0 radical (unpaired) electrons. The van der Waals surface area contributed by atoms with Crippen molar-refractivity contribution in [1.29, 1.82) is 0 Å². The van der Waals surface area contributed by atoms with E-state index in [0.29, 0.717) is 40.6 Å². The summed E-state index contributed by atoms with van der Waals surface area (Å²) in [4.78, 5) is 27.9. The Morgan fingerprint density at radius 2 is 1.61 bits per heavy atom. The fourth-order valence-electron chi connectivity index (χ4n) is 2.92. The molecule has 0 N–H and O–H groups in total. The van der Waals surface area contributed by atoms with Gasteiger partial charge in [-0.05, 0) is 29.5 Å². The Hall–Kier alpha value is -3.07. The molecule has 1 aliphatic heterocycles. The molecule has 9 heteroatoms. The van der Waals surface area contributed by atoms with E-state index in [9.17, 15) is 14.0 Å². The van der Waals surface area contributed by atoms with Crippen LogP contribution < -0.4 is 0 Å². The van der Waals surface area contributed by atoms with Gasteiger partial charge in [-0.15, -0.1) is 22.0 Å². The molecule has 7 nitrogen and oxygen atoms in total. The highest BCUT2D eigenvalue weighted by atomic mass is 32.2. The summed E-state index contributed by atoms with van der Waals surface area (Å²) < 4.78 is 13.6. The molecule has 2 heterocycles. The first kappa shape index (κ1) is 18.3. The summed E-state index contributed by atoms with van der Waals surface area (Å²) >= 11 is 1.38. The molecule has 142 valence electrons. The number of amides is 2. The summed E-state index contributed by atoms with van der Waals surface area (Å²) in [5, 5.41) is 12.2. The van der Waals surface area contributed by atoms with E-state index in [2.05, 4.69) is 15.4 Å². The molecule has 1 aromatic heterocycles.